The largest absolute Gasteiger partial charge is 0.378 e. The number of aromatic nitrogens is 3. The van der Waals surface area contributed by atoms with Gasteiger partial charge in [-0.05, 0) is 26.0 Å². The number of morpholine rings is 1. The van der Waals surface area contributed by atoms with Crippen LogP contribution >= 0.6 is 23.5 Å². The summed E-state index contributed by atoms with van der Waals surface area (Å²) < 4.78 is 7.47. The van der Waals surface area contributed by atoms with Crippen molar-refractivity contribution in [1.29, 1.82) is 0 Å². The Labute approximate surface area is 174 Å². The molecular formula is C19H27N5O2S2. The zero-order chi connectivity index (χ0) is 19.8. The summed E-state index contributed by atoms with van der Waals surface area (Å²) in [5.41, 5.74) is 1.26. The first kappa shape index (κ1) is 21.0. The van der Waals surface area contributed by atoms with Gasteiger partial charge in [-0.2, -0.15) is 0 Å². The number of nitrogens with zero attached hydrogens (tertiary/aromatic N) is 4. The van der Waals surface area contributed by atoms with Crippen LogP contribution in [0.25, 0.3) is 0 Å². The summed E-state index contributed by atoms with van der Waals surface area (Å²) in [6, 6.07) is 8.43. The first-order valence-electron chi connectivity index (χ1n) is 9.52. The van der Waals surface area contributed by atoms with Crippen LogP contribution in [0.3, 0.4) is 0 Å². The summed E-state index contributed by atoms with van der Waals surface area (Å²) >= 11 is 3.18. The molecule has 28 heavy (non-hydrogen) atoms. The highest BCUT2D eigenvalue weighted by molar-refractivity contribution is 7.99. The second-order valence-corrected chi connectivity index (χ2v) is 8.54. The minimum absolute atomic E-state index is 0.0214. The third kappa shape index (κ3) is 5.89. The first-order chi connectivity index (χ1) is 13.7. The van der Waals surface area contributed by atoms with Crippen LogP contribution in [0.4, 0.5) is 5.95 Å². The highest BCUT2D eigenvalue weighted by Crippen LogP contribution is 2.22. The predicted molar refractivity (Wildman–Crippen MR) is 114 cm³/mol. The zero-order valence-corrected chi connectivity index (χ0v) is 18.0. The van der Waals surface area contributed by atoms with Gasteiger partial charge in [0.15, 0.2) is 5.16 Å². The molecule has 0 spiro atoms. The summed E-state index contributed by atoms with van der Waals surface area (Å²) in [7, 11) is 0. The van der Waals surface area contributed by atoms with Crippen LogP contribution < -0.4 is 10.2 Å². The highest BCUT2D eigenvalue weighted by atomic mass is 32.2. The van der Waals surface area contributed by atoms with Crippen LogP contribution in [0.2, 0.25) is 0 Å². The Bertz CT molecular complexity index is 760. The number of carbonyl (C=O) groups excluding carboxylic acids is 1. The molecule has 7 nitrogen and oxygen atoms in total. The number of thioether (sulfide) groups is 2. The molecule has 2 aromatic rings. The second-order valence-electron chi connectivity index (χ2n) is 6.43. The Kier molecular flexibility index (Phi) is 8.05. The van der Waals surface area contributed by atoms with Gasteiger partial charge in [0.25, 0.3) is 0 Å². The molecule has 1 amide bonds. The Hall–Kier alpha value is -1.71. The molecule has 0 bridgehead atoms. The van der Waals surface area contributed by atoms with Crippen molar-refractivity contribution in [3.63, 3.8) is 0 Å². The Morgan fingerprint density at radius 1 is 1.18 bits per heavy atom. The number of hydrogen-bond acceptors (Lipinski definition) is 7. The lowest BCUT2D eigenvalue weighted by molar-refractivity contribution is -0.118. The molecule has 0 atom stereocenters. The molecule has 3 rings (SSSR count). The van der Waals surface area contributed by atoms with E-state index in [1.165, 1.54) is 22.2 Å². The molecule has 0 saturated carbocycles. The van der Waals surface area contributed by atoms with E-state index in [9.17, 15) is 4.79 Å². The molecule has 1 N–H and O–H groups in total. The Balaban J connectivity index is 1.41. The number of nitrogens with one attached hydrogen (secondary N) is 1. The normalized spacial score (nSPS) is 14.3. The lowest BCUT2D eigenvalue weighted by Crippen LogP contribution is -2.38. The van der Waals surface area contributed by atoms with Crippen LogP contribution in [-0.2, 0) is 16.1 Å². The van der Waals surface area contributed by atoms with Crippen molar-refractivity contribution >= 4 is 35.4 Å². The fourth-order valence-electron chi connectivity index (χ4n) is 2.84. The highest BCUT2D eigenvalue weighted by Gasteiger charge is 2.20. The number of benzene rings is 1. The van der Waals surface area contributed by atoms with Crippen molar-refractivity contribution in [2.75, 3.05) is 49.3 Å². The maximum Gasteiger partial charge on any atom is 0.230 e. The van der Waals surface area contributed by atoms with Gasteiger partial charge in [-0.25, -0.2) is 0 Å². The molecule has 1 aromatic carbocycles. The minimum Gasteiger partial charge on any atom is -0.378 e. The van der Waals surface area contributed by atoms with Gasteiger partial charge in [0.1, 0.15) is 0 Å². The van der Waals surface area contributed by atoms with Crippen LogP contribution in [0, 0.1) is 6.92 Å². The SMILES string of the molecule is CCn1c(SCC(=O)NCCSc2ccc(C)cc2)nnc1N1CCOCC1. The fourth-order valence-corrected chi connectivity index (χ4v) is 4.43. The van der Waals surface area contributed by atoms with E-state index in [4.69, 9.17) is 4.74 Å². The van der Waals surface area contributed by atoms with E-state index in [0.717, 1.165) is 36.5 Å². The second kappa shape index (κ2) is 10.7. The molecule has 152 valence electrons. The number of aryl methyl sites for hydroxylation is 1. The fraction of sp³-hybridized carbons (Fsp3) is 0.526. The van der Waals surface area contributed by atoms with Crippen LogP contribution in [0.5, 0.6) is 0 Å². The van der Waals surface area contributed by atoms with Gasteiger partial charge >= 0.3 is 0 Å². The third-order valence-electron chi connectivity index (χ3n) is 4.35. The van der Waals surface area contributed by atoms with Crippen molar-refractivity contribution in [3.8, 4) is 0 Å². The topological polar surface area (TPSA) is 72.3 Å². The lowest BCUT2D eigenvalue weighted by Gasteiger charge is -2.27. The van der Waals surface area contributed by atoms with Gasteiger partial charge in [-0.3, -0.25) is 9.36 Å². The smallest absolute Gasteiger partial charge is 0.230 e. The van der Waals surface area contributed by atoms with E-state index < -0.39 is 0 Å². The van der Waals surface area contributed by atoms with Crippen molar-refractivity contribution in [2.24, 2.45) is 0 Å². The van der Waals surface area contributed by atoms with Crippen molar-refractivity contribution in [1.82, 2.24) is 20.1 Å². The van der Waals surface area contributed by atoms with Crippen molar-refractivity contribution < 1.29 is 9.53 Å². The molecule has 1 saturated heterocycles. The maximum absolute atomic E-state index is 12.2. The zero-order valence-electron chi connectivity index (χ0n) is 16.4. The monoisotopic (exact) mass is 421 g/mol. The van der Waals surface area contributed by atoms with E-state index in [2.05, 4.69) is 63.1 Å². The van der Waals surface area contributed by atoms with Gasteiger partial charge < -0.3 is 15.0 Å². The average molecular weight is 422 g/mol. The van der Waals surface area contributed by atoms with E-state index in [0.29, 0.717) is 25.5 Å². The molecule has 0 aliphatic carbocycles. The van der Waals surface area contributed by atoms with Gasteiger partial charge in [-0.1, -0.05) is 29.5 Å². The number of anilines is 1. The van der Waals surface area contributed by atoms with Crippen LogP contribution in [0.1, 0.15) is 12.5 Å². The summed E-state index contributed by atoms with van der Waals surface area (Å²) in [5, 5.41) is 12.4. The summed E-state index contributed by atoms with van der Waals surface area (Å²) in [4.78, 5) is 15.6. The van der Waals surface area contributed by atoms with E-state index >= 15 is 0 Å². The van der Waals surface area contributed by atoms with E-state index in [-0.39, 0.29) is 5.91 Å². The molecule has 0 unspecified atom stereocenters. The van der Waals surface area contributed by atoms with E-state index in [1.54, 1.807) is 11.8 Å². The van der Waals surface area contributed by atoms with Crippen molar-refractivity contribution in [2.45, 2.75) is 30.4 Å². The first-order valence-corrected chi connectivity index (χ1v) is 11.5. The minimum atomic E-state index is 0.0214. The molecule has 9 heteroatoms. The lowest BCUT2D eigenvalue weighted by atomic mass is 10.2. The molecule has 1 aliphatic heterocycles. The number of amides is 1. The van der Waals surface area contributed by atoms with Gasteiger partial charge in [0, 0.05) is 36.8 Å². The standard InChI is InChI=1S/C19H27N5O2S2/c1-3-24-18(23-9-11-26-12-10-23)21-22-19(24)28-14-17(25)20-8-13-27-16-6-4-15(2)5-7-16/h4-7H,3,8-14H2,1-2H3,(H,20,25). The summed E-state index contributed by atoms with van der Waals surface area (Å²) in [6.07, 6.45) is 0. The number of hydrogen-bond donors (Lipinski definition) is 1. The quantitative estimate of drug-likeness (QED) is 0.492. The predicted octanol–water partition coefficient (Wildman–Crippen LogP) is 2.44. The van der Waals surface area contributed by atoms with Crippen LogP contribution in [-0.4, -0.2) is 65.0 Å². The summed E-state index contributed by atoms with van der Waals surface area (Å²) in [5.74, 6) is 2.08. The average Bonchev–Trinajstić information content (AvgIpc) is 3.14. The summed E-state index contributed by atoms with van der Waals surface area (Å²) in [6.45, 7) is 8.64. The molecule has 1 aromatic heterocycles. The molecule has 1 aliphatic rings. The molecular weight excluding hydrogens is 394 g/mol. The number of ether oxygens (including phenoxy) is 1. The Morgan fingerprint density at radius 2 is 1.93 bits per heavy atom. The maximum atomic E-state index is 12.2. The van der Waals surface area contributed by atoms with Gasteiger partial charge in [0.2, 0.25) is 11.9 Å². The Morgan fingerprint density at radius 3 is 2.64 bits per heavy atom. The van der Waals surface area contributed by atoms with Gasteiger partial charge in [-0.15, -0.1) is 22.0 Å². The number of rotatable bonds is 9. The molecule has 1 fully saturated rings. The van der Waals surface area contributed by atoms with Crippen LogP contribution in [0.15, 0.2) is 34.3 Å². The van der Waals surface area contributed by atoms with E-state index in [1.807, 2.05) is 0 Å². The molecule has 2 heterocycles. The van der Waals surface area contributed by atoms with Crippen molar-refractivity contribution in [3.05, 3.63) is 29.8 Å². The number of carbonyl (C=O) groups is 1. The third-order valence-corrected chi connectivity index (χ3v) is 6.33. The molecule has 0 radical (unpaired) electrons. The van der Waals surface area contributed by atoms with Gasteiger partial charge in [0.05, 0.1) is 19.0 Å².